The molecule has 0 aromatic heterocycles. The number of allylic oxidation sites excluding steroid dienone is 2. The quantitative estimate of drug-likeness (QED) is 0.564. The van der Waals surface area contributed by atoms with Crippen molar-refractivity contribution >= 4 is 0 Å². The Balaban J connectivity index is 2.64. The molecule has 0 aliphatic carbocycles. The van der Waals surface area contributed by atoms with Crippen LogP contribution in [0.3, 0.4) is 0 Å². The molecule has 0 aromatic carbocycles. The van der Waals surface area contributed by atoms with Gasteiger partial charge in [0.05, 0.1) is 0 Å². The van der Waals surface area contributed by atoms with Gasteiger partial charge in [0.2, 0.25) is 0 Å². The molecule has 0 radical (unpaired) electrons. The number of hydrogen-bond acceptors (Lipinski definition) is 1. The third-order valence-electron chi connectivity index (χ3n) is 2.65. The fourth-order valence-corrected chi connectivity index (χ4v) is 1.32. The highest BCUT2D eigenvalue weighted by molar-refractivity contribution is 5.10. The summed E-state index contributed by atoms with van der Waals surface area (Å²) in [6.45, 7) is 10.2. The van der Waals surface area contributed by atoms with Gasteiger partial charge >= 0.3 is 0 Å². The van der Waals surface area contributed by atoms with Crippen LogP contribution in [0.1, 0.15) is 40.5 Å². The average Bonchev–Trinajstić information content (AvgIpc) is 2.03. The van der Waals surface area contributed by atoms with Gasteiger partial charge in [-0.15, -0.1) is 0 Å². The summed E-state index contributed by atoms with van der Waals surface area (Å²) in [7, 11) is 0. The number of nitrogens with one attached hydrogen (secondary N) is 1. The van der Waals surface area contributed by atoms with Gasteiger partial charge in [-0.3, -0.25) is 0 Å². The van der Waals surface area contributed by atoms with E-state index in [1.54, 1.807) is 0 Å². The normalized spacial score (nSPS) is 24.4. The molecule has 1 heteroatoms. The van der Waals surface area contributed by atoms with Gasteiger partial charge < -0.3 is 5.32 Å². The monoisotopic (exact) mass is 153 g/mol. The summed E-state index contributed by atoms with van der Waals surface area (Å²) in [6, 6.07) is 0. The van der Waals surface area contributed by atoms with Crippen molar-refractivity contribution in [1.82, 2.24) is 5.32 Å². The third-order valence-corrected chi connectivity index (χ3v) is 2.65. The second-order valence-electron chi connectivity index (χ2n) is 4.42. The van der Waals surface area contributed by atoms with Gasteiger partial charge in [-0.05, 0) is 32.1 Å². The van der Waals surface area contributed by atoms with Crippen LogP contribution >= 0.6 is 0 Å². The molecule has 0 saturated heterocycles. The molecule has 1 aliphatic heterocycles. The Morgan fingerprint density at radius 2 is 1.91 bits per heavy atom. The lowest BCUT2D eigenvalue weighted by molar-refractivity contribution is 0.336. The van der Waals surface area contributed by atoms with Crippen molar-refractivity contribution in [2.75, 3.05) is 6.54 Å². The highest BCUT2D eigenvalue weighted by atomic mass is 14.9. The van der Waals surface area contributed by atoms with Crippen molar-refractivity contribution in [3.8, 4) is 0 Å². The number of rotatable bonds is 0. The lowest BCUT2D eigenvalue weighted by Crippen LogP contribution is -2.26. The van der Waals surface area contributed by atoms with E-state index in [9.17, 15) is 0 Å². The van der Waals surface area contributed by atoms with Gasteiger partial charge in [-0.25, -0.2) is 0 Å². The van der Waals surface area contributed by atoms with Gasteiger partial charge in [0.15, 0.2) is 0 Å². The summed E-state index contributed by atoms with van der Waals surface area (Å²) in [6.07, 6.45) is 2.56. The molecule has 0 aromatic rings. The van der Waals surface area contributed by atoms with Crippen LogP contribution in [-0.4, -0.2) is 6.54 Å². The summed E-state index contributed by atoms with van der Waals surface area (Å²) < 4.78 is 0. The minimum atomic E-state index is 0.471. The van der Waals surface area contributed by atoms with E-state index in [4.69, 9.17) is 0 Å². The Bertz CT molecular complexity index is 159. The Hall–Kier alpha value is -0.460. The molecule has 0 bridgehead atoms. The van der Waals surface area contributed by atoms with Crippen LogP contribution in [0.5, 0.6) is 0 Å². The van der Waals surface area contributed by atoms with Crippen molar-refractivity contribution in [2.45, 2.75) is 40.5 Å². The first-order chi connectivity index (χ1) is 5.01. The molecule has 0 atom stereocenters. The van der Waals surface area contributed by atoms with Crippen molar-refractivity contribution in [3.63, 3.8) is 0 Å². The minimum absolute atomic E-state index is 0.471. The van der Waals surface area contributed by atoms with Gasteiger partial charge in [0, 0.05) is 12.2 Å². The second kappa shape index (κ2) is 2.88. The maximum Gasteiger partial charge on any atom is 0.0195 e. The Labute approximate surface area is 69.9 Å². The van der Waals surface area contributed by atoms with Crippen LogP contribution in [0.15, 0.2) is 11.3 Å². The molecule has 0 saturated carbocycles. The summed E-state index contributed by atoms with van der Waals surface area (Å²) in [4.78, 5) is 0. The van der Waals surface area contributed by atoms with Crippen LogP contribution in [0, 0.1) is 5.41 Å². The Kier molecular flexibility index (Phi) is 2.26. The fraction of sp³-hybridized carbons (Fsp3) is 0.800. The van der Waals surface area contributed by atoms with E-state index in [0.717, 1.165) is 6.54 Å². The maximum atomic E-state index is 3.46. The van der Waals surface area contributed by atoms with E-state index >= 15 is 0 Å². The van der Waals surface area contributed by atoms with E-state index in [1.165, 1.54) is 24.1 Å². The van der Waals surface area contributed by atoms with E-state index < -0.39 is 0 Å². The van der Waals surface area contributed by atoms with E-state index in [0.29, 0.717) is 5.41 Å². The molecule has 0 fully saturated rings. The molecule has 1 N–H and O–H groups in total. The van der Waals surface area contributed by atoms with Crippen LogP contribution < -0.4 is 5.32 Å². The van der Waals surface area contributed by atoms with E-state index in [-0.39, 0.29) is 0 Å². The summed E-state index contributed by atoms with van der Waals surface area (Å²) >= 11 is 0. The fourth-order valence-electron chi connectivity index (χ4n) is 1.32. The van der Waals surface area contributed by atoms with Crippen molar-refractivity contribution < 1.29 is 0 Å². The first-order valence-electron chi connectivity index (χ1n) is 4.41. The molecule has 0 spiro atoms. The van der Waals surface area contributed by atoms with Crippen LogP contribution in [-0.2, 0) is 0 Å². The summed E-state index contributed by atoms with van der Waals surface area (Å²) in [5, 5.41) is 3.46. The van der Waals surface area contributed by atoms with E-state index in [1.807, 2.05) is 0 Å². The predicted molar refractivity (Wildman–Crippen MR) is 49.4 cm³/mol. The highest BCUT2D eigenvalue weighted by Crippen LogP contribution is 2.27. The van der Waals surface area contributed by atoms with Gasteiger partial charge in [-0.1, -0.05) is 19.4 Å². The lowest BCUT2D eigenvalue weighted by Gasteiger charge is -2.22. The first kappa shape index (κ1) is 8.63. The Morgan fingerprint density at radius 3 is 2.55 bits per heavy atom. The zero-order valence-corrected chi connectivity index (χ0v) is 8.12. The molecule has 1 nitrogen and oxygen atoms in total. The standard InChI is InChI=1S/C10H19N/c1-8-5-6-10(3,4)7-11-9(8)2/h11H,5-7H2,1-4H3. The average molecular weight is 153 g/mol. The molecule has 0 amide bonds. The maximum absolute atomic E-state index is 3.46. The smallest absolute Gasteiger partial charge is 0.0195 e. The molecular weight excluding hydrogens is 134 g/mol. The zero-order valence-electron chi connectivity index (χ0n) is 8.12. The molecular formula is C10H19N. The number of hydrogen-bond donors (Lipinski definition) is 1. The third kappa shape index (κ3) is 2.25. The zero-order chi connectivity index (χ0) is 8.48. The van der Waals surface area contributed by atoms with Crippen molar-refractivity contribution in [3.05, 3.63) is 11.3 Å². The topological polar surface area (TPSA) is 12.0 Å². The van der Waals surface area contributed by atoms with Gasteiger partial charge in [0.1, 0.15) is 0 Å². The van der Waals surface area contributed by atoms with Crippen molar-refractivity contribution in [1.29, 1.82) is 0 Å². The molecule has 1 rings (SSSR count). The van der Waals surface area contributed by atoms with E-state index in [2.05, 4.69) is 33.0 Å². The highest BCUT2D eigenvalue weighted by Gasteiger charge is 2.20. The van der Waals surface area contributed by atoms with Gasteiger partial charge in [-0.2, -0.15) is 0 Å². The summed E-state index contributed by atoms with van der Waals surface area (Å²) in [5.74, 6) is 0. The largest absolute Gasteiger partial charge is 0.388 e. The molecule has 11 heavy (non-hydrogen) atoms. The molecule has 1 heterocycles. The van der Waals surface area contributed by atoms with Crippen LogP contribution in [0.2, 0.25) is 0 Å². The minimum Gasteiger partial charge on any atom is -0.388 e. The molecule has 1 aliphatic rings. The SMILES string of the molecule is CC1=C(C)NCC(C)(C)CC1. The Morgan fingerprint density at radius 1 is 1.27 bits per heavy atom. The van der Waals surface area contributed by atoms with Gasteiger partial charge in [0.25, 0.3) is 0 Å². The lowest BCUT2D eigenvalue weighted by atomic mass is 9.87. The predicted octanol–water partition coefficient (Wildman–Crippen LogP) is 2.69. The first-order valence-corrected chi connectivity index (χ1v) is 4.41. The molecule has 0 unspecified atom stereocenters. The molecule has 64 valence electrons. The summed E-state index contributed by atoms with van der Waals surface area (Å²) in [5.41, 5.74) is 3.38. The van der Waals surface area contributed by atoms with Crippen LogP contribution in [0.4, 0.5) is 0 Å². The second-order valence-corrected chi connectivity index (χ2v) is 4.42. The van der Waals surface area contributed by atoms with Crippen LogP contribution in [0.25, 0.3) is 0 Å². The van der Waals surface area contributed by atoms with Crippen molar-refractivity contribution in [2.24, 2.45) is 5.41 Å².